The van der Waals surface area contributed by atoms with Crippen LogP contribution in [0.4, 0.5) is 0 Å². The van der Waals surface area contributed by atoms with E-state index in [0.29, 0.717) is 18.3 Å². The molecule has 18 heavy (non-hydrogen) atoms. The number of hydrogen-bond acceptors (Lipinski definition) is 4. The van der Waals surface area contributed by atoms with Crippen LogP contribution in [0.5, 0.6) is 5.75 Å². The highest BCUT2D eigenvalue weighted by Gasteiger charge is 2.20. The lowest BCUT2D eigenvalue weighted by Gasteiger charge is -2.07. The molecular formula is C13H19N3O2. The van der Waals surface area contributed by atoms with Gasteiger partial charge in [-0.25, -0.2) is 0 Å². The van der Waals surface area contributed by atoms with Crippen molar-refractivity contribution in [3.63, 3.8) is 0 Å². The Morgan fingerprint density at radius 1 is 1.50 bits per heavy atom. The van der Waals surface area contributed by atoms with E-state index in [-0.39, 0.29) is 12.5 Å². The number of aromatic nitrogens is 1. The third-order valence-electron chi connectivity index (χ3n) is 2.69. The second-order valence-electron chi connectivity index (χ2n) is 4.38. The van der Waals surface area contributed by atoms with E-state index in [2.05, 4.69) is 15.6 Å². The van der Waals surface area contributed by atoms with Crippen molar-refractivity contribution in [2.24, 2.45) is 0 Å². The van der Waals surface area contributed by atoms with E-state index >= 15 is 0 Å². The fourth-order valence-electron chi connectivity index (χ4n) is 1.53. The molecule has 0 saturated heterocycles. The maximum atomic E-state index is 11.2. The predicted octanol–water partition coefficient (Wildman–Crippen LogP) is 0.848. The molecule has 0 radical (unpaired) electrons. The third kappa shape index (κ3) is 4.33. The molecule has 5 nitrogen and oxygen atoms in total. The molecule has 2 rings (SSSR count). The Morgan fingerprint density at radius 3 is 2.94 bits per heavy atom. The SMILES string of the molecule is CCNC(=O)COc1ccc(CNC2CC2)nc1. The molecular weight excluding hydrogens is 230 g/mol. The molecule has 1 aromatic rings. The smallest absolute Gasteiger partial charge is 0.257 e. The van der Waals surface area contributed by atoms with Crippen molar-refractivity contribution in [2.45, 2.75) is 32.4 Å². The van der Waals surface area contributed by atoms with Crippen LogP contribution in [0.3, 0.4) is 0 Å². The maximum absolute atomic E-state index is 11.2. The molecule has 0 unspecified atom stereocenters. The summed E-state index contributed by atoms with van der Waals surface area (Å²) in [6.07, 6.45) is 4.20. The Balaban J connectivity index is 1.73. The summed E-state index contributed by atoms with van der Waals surface area (Å²) in [4.78, 5) is 15.5. The largest absolute Gasteiger partial charge is 0.482 e. The minimum atomic E-state index is -0.114. The van der Waals surface area contributed by atoms with Gasteiger partial charge in [-0.05, 0) is 31.9 Å². The summed E-state index contributed by atoms with van der Waals surface area (Å²) in [6.45, 7) is 3.32. The van der Waals surface area contributed by atoms with Gasteiger partial charge in [0.15, 0.2) is 6.61 Å². The van der Waals surface area contributed by atoms with E-state index in [1.807, 2.05) is 19.1 Å². The molecule has 1 aromatic heterocycles. The fourth-order valence-corrected chi connectivity index (χ4v) is 1.53. The first-order chi connectivity index (χ1) is 8.78. The number of nitrogens with zero attached hydrogens (tertiary/aromatic N) is 1. The second-order valence-corrected chi connectivity index (χ2v) is 4.38. The molecule has 1 amide bonds. The number of amides is 1. The maximum Gasteiger partial charge on any atom is 0.257 e. The molecule has 1 heterocycles. The van der Waals surface area contributed by atoms with Crippen LogP contribution in [0.1, 0.15) is 25.5 Å². The van der Waals surface area contributed by atoms with Crippen LogP contribution < -0.4 is 15.4 Å². The van der Waals surface area contributed by atoms with Gasteiger partial charge in [0.05, 0.1) is 11.9 Å². The highest BCUT2D eigenvalue weighted by molar-refractivity contribution is 5.77. The molecule has 0 aromatic carbocycles. The minimum Gasteiger partial charge on any atom is -0.482 e. The Labute approximate surface area is 107 Å². The van der Waals surface area contributed by atoms with E-state index in [1.165, 1.54) is 12.8 Å². The standard InChI is InChI=1S/C13H19N3O2/c1-2-14-13(17)9-18-12-6-5-11(16-8-12)7-15-10-3-4-10/h5-6,8,10,15H,2-4,7,9H2,1H3,(H,14,17). The summed E-state index contributed by atoms with van der Waals surface area (Å²) in [5, 5.41) is 6.06. The lowest BCUT2D eigenvalue weighted by Crippen LogP contribution is -2.28. The first kappa shape index (κ1) is 12.8. The molecule has 5 heteroatoms. The summed E-state index contributed by atoms with van der Waals surface area (Å²) < 4.78 is 5.32. The zero-order valence-corrected chi connectivity index (χ0v) is 10.6. The van der Waals surface area contributed by atoms with Crippen LogP contribution >= 0.6 is 0 Å². The first-order valence-electron chi connectivity index (χ1n) is 6.35. The zero-order valence-electron chi connectivity index (χ0n) is 10.6. The van der Waals surface area contributed by atoms with Crippen LogP contribution in [0.15, 0.2) is 18.3 Å². The summed E-state index contributed by atoms with van der Waals surface area (Å²) >= 11 is 0. The van der Waals surface area contributed by atoms with Gasteiger partial charge >= 0.3 is 0 Å². The van der Waals surface area contributed by atoms with E-state index in [9.17, 15) is 4.79 Å². The normalized spacial score (nSPS) is 14.3. The first-order valence-corrected chi connectivity index (χ1v) is 6.35. The monoisotopic (exact) mass is 249 g/mol. The number of pyridine rings is 1. The number of carbonyl (C=O) groups excluding carboxylic acids is 1. The molecule has 2 N–H and O–H groups in total. The van der Waals surface area contributed by atoms with Crippen molar-refractivity contribution in [1.29, 1.82) is 0 Å². The molecule has 1 aliphatic carbocycles. The lowest BCUT2D eigenvalue weighted by molar-refractivity contribution is -0.122. The van der Waals surface area contributed by atoms with Gasteiger partial charge in [0.2, 0.25) is 0 Å². The summed E-state index contributed by atoms with van der Waals surface area (Å²) in [5.41, 5.74) is 0.993. The Bertz CT molecular complexity index is 388. The van der Waals surface area contributed by atoms with Crippen LogP contribution in [-0.4, -0.2) is 30.1 Å². The highest BCUT2D eigenvalue weighted by Crippen LogP contribution is 2.19. The quantitative estimate of drug-likeness (QED) is 0.752. The minimum absolute atomic E-state index is 0.0369. The van der Waals surface area contributed by atoms with Crippen LogP contribution in [0.2, 0.25) is 0 Å². The second kappa shape index (κ2) is 6.35. The van der Waals surface area contributed by atoms with Crippen molar-refractivity contribution >= 4 is 5.91 Å². The van der Waals surface area contributed by atoms with E-state index in [4.69, 9.17) is 4.74 Å². The predicted molar refractivity (Wildman–Crippen MR) is 68.3 cm³/mol. The summed E-state index contributed by atoms with van der Waals surface area (Å²) in [6, 6.07) is 4.44. The summed E-state index contributed by atoms with van der Waals surface area (Å²) in [7, 11) is 0. The van der Waals surface area contributed by atoms with Crippen molar-refractivity contribution in [2.75, 3.05) is 13.2 Å². The third-order valence-corrected chi connectivity index (χ3v) is 2.69. The summed E-state index contributed by atoms with van der Waals surface area (Å²) in [5.74, 6) is 0.508. The van der Waals surface area contributed by atoms with Crippen LogP contribution in [-0.2, 0) is 11.3 Å². The number of hydrogen-bond donors (Lipinski definition) is 2. The van der Waals surface area contributed by atoms with Gasteiger partial charge in [-0.3, -0.25) is 9.78 Å². The Hall–Kier alpha value is -1.62. The number of nitrogens with one attached hydrogen (secondary N) is 2. The van der Waals surface area contributed by atoms with Gasteiger partial charge in [-0.1, -0.05) is 0 Å². The molecule has 0 bridgehead atoms. The zero-order chi connectivity index (χ0) is 12.8. The van der Waals surface area contributed by atoms with Crippen molar-refractivity contribution in [3.05, 3.63) is 24.0 Å². The number of likely N-dealkylation sites (N-methyl/N-ethyl adjacent to an activating group) is 1. The topological polar surface area (TPSA) is 63.2 Å². The van der Waals surface area contributed by atoms with Gasteiger partial charge in [0, 0.05) is 19.1 Å². The Kier molecular flexibility index (Phi) is 4.52. The van der Waals surface area contributed by atoms with Crippen molar-refractivity contribution in [1.82, 2.24) is 15.6 Å². The lowest BCUT2D eigenvalue weighted by atomic mass is 10.3. The van der Waals surface area contributed by atoms with Gasteiger partial charge < -0.3 is 15.4 Å². The number of rotatable bonds is 7. The van der Waals surface area contributed by atoms with Crippen LogP contribution in [0, 0.1) is 0 Å². The van der Waals surface area contributed by atoms with Gasteiger partial charge in [-0.2, -0.15) is 0 Å². The fraction of sp³-hybridized carbons (Fsp3) is 0.538. The molecule has 0 atom stereocenters. The van der Waals surface area contributed by atoms with Gasteiger partial charge in [0.25, 0.3) is 5.91 Å². The average Bonchev–Trinajstić information content (AvgIpc) is 3.19. The highest BCUT2D eigenvalue weighted by atomic mass is 16.5. The molecule has 0 spiro atoms. The van der Waals surface area contributed by atoms with Crippen molar-refractivity contribution in [3.8, 4) is 5.75 Å². The molecule has 98 valence electrons. The van der Waals surface area contributed by atoms with E-state index in [0.717, 1.165) is 12.2 Å². The van der Waals surface area contributed by atoms with E-state index < -0.39 is 0 Å². The molecule has 1 saturated carbocycles. The van der Waals surface area contributed by atoms with Gasteiger partial charge in [-0.15, -0.1) is 0 Å². The molecule has 0 aliphatic heterocycles. The van der Waals surface area contributed by atoms with Crippen LogP contribution in [0.25, 0.3) is 0 Å². The molecule has 1 fully saturated rings. The number of ether oxygens (including phenoxy) is 1. The molecule has 1 aliphatic rings. The van der Waals surface area contributed by atoms with E-state index in [1.54, 1.807) is 6.20 Å². The number of carbonyl (C=O) groups is 1. The Morgan fingerprint density at radius 2 is 2.33 bits per heavy atom. The van der Waals surface area contributed by atoms with Crippen molar-refractivity contribution < 1.29 is 9.53 Å². The van der Waals surface area contributed by atoms with Gasteiger partial charge in [0.1, 0.15) is 5.75 Å². The average molecular weight is 249 g/mol.